The molecule has 10 atom stereocenters. The fourth-order valence-corrected chi connectivity index (χ4v) is 3.95. The van der Waals surface area contributed by atoms with Gasteiger partial charge in [0.2, 0.25) is 28.4 Å². The lowest BCUT2D eigenvalue weighted by atomic mass is 10.2. The molecule has 0 aromatic carbocycles. The summed E-state index contributed by atoms with van der Waals surface area (Å²) in [6.45, 7) is 1.03. The molecule has 43 heteroatoms. The second-order valence-corrected chi connectivity index (χ2v) is 15.2. The zero-order valence-electron chi connectivity index (χ0n) is 31.7. The van der Waals surface area contributed by atoms with Crippen LogP contribution in [0.15, 0.2) is 0 Å². The van der Waals surface area contributed by atoms with Gasteiger partial charge in [0, 0.05) is 0 Å². The van der Waals surface area contributed by atoms with Gasteiger partial charge in [0.25, 0.3) is 12.7 Å². The first-order valence-electron chi connectivity index (χ1n) is 16.0. The minimum atomic E-state index is -4.84. The molecule has 0 amide bonds. The summed E-state index contributed by atoms with van der Waals surface area (Å²) in [5.74, 6) is 0. The standard InChI is InChI=1S/C5H5F3O3.C3Cl4O3.C3H2Cl2O3.C3H2ClFO3.C3H3ClO3.C3F4O3.C3H2F2O3.C3H3FO3/c1-2-3(5(6,7)8)11-4(9)10-2;4-2(5)3(6,7)10-1(8)9-2;2*4-1-2(5)8-3(6)7-1;4-2-1-6-3(5)7-2;4-2(5)3(6,7)10-1(8)9-2;4-1-2(5)8-3(6)7-1;4-2-1-6-3(5)7-2/h2-3H,1H3;;2*1-2H;2H,1H2;;1-2H;2H,1H2. The highest BCUT2D eigenvalue weighted by Crippen LogP contribution is 2.49. The van der Waals surface area contributed by atoms with Crippen molar-refractivity contribution in [2.45, 2.75) is 94.2 Å². The largest absolute Gasteiger partial charge is 0.518 e. The maximum atomic E-state index is 11.9. The van der Waals surface area contributed by atoms with E-state index in [2.05, 4.69) is 75.8 Å². The average molecular weight is 1210 g/mol. The van der Waals surface area contributed by atoms with E-state index < -0.39 is 137 Å². The van der Waals surface area contributed by atoms with Crippen LogP contribution >= 0.6 is 92.8 Å². The molecule has 8 heterocycles. The van der Waals surface area contributed by atoms with Crippen LogP contribution in [0.4, 0.5) is 86.7 Å². The van der Waals surface area contributed by atoms with Gasteiger partial charge in [0.05, 0.1) is 0 Å². The minimum Gasteiger partial charge on any atom is -0.429 e. The maximum absolute atomic E-state index is 11.9. The number of alkyl halides is 19. The van der Waals surface area contributed by atoms with E-state index in [1.54, 1.807) is 0 Å². The Kier molecular flexibility index (Phi) is 23.9. The van der Waals surface area contributed by atoms with Crippen LogP contribution in [0.25, 0.3) is 0 Å². The van der Waals surface area contributed by atoms with Crippen molar-refractivity contribution in [3.05, 3.63) is 0 Å². The molecule has 0 radical (unpaired) electrons. The molecule has 0 saturated carbocycles. The Bertz CT molecular complexity index is 1630. The van der Waals surface area contributed by atoms with E-state index in [9.17, 15) is 86.7 Å². The Morgan fingerprint density at radius 3 is 0.942 bits per heavy atom. The van der Waals surface area contributed by atoms with Crippen molar-refractivity contribution < 1.29 is 162 Å². The van der Waals surface area contributed by atoms with Crippen LogP contribution < -0.4 is 0 Å². The number of halogens is 19. The fraction of sp³-hybridized carbons (Fsp3) is 0.692. The lowest BCUT2D eigenvalue weighted by Gasteiger charge is -2.17. The summed E-state index contributed by atoms with van der Waals surface area (Å²) in [5.41, 5.74) is -3.54. The number of carbonyl (C=O) groups is 8. The summed E-state index contributed by atoms with van der Waals surface area (Å²) in [4.78, 5) is 79.5. The van der Waals surface area contributed by atoms with Gasteiger partial charge >= 0.3 is 89.4 Å². The van der Waals surface area contributed by atoms with E-state index in [0.717, 1.165) is 6.92 Å². The number of carbonyl (C=O) groups excluding carboxylic acids is 8. The summed E-state index contributed by atoms with van der Waals surface area (Å²) >= 11 is 41.9. The first-order valence-corrected chi connectivity index (χ1v) is 19.2. The predicted octanol–water partition coefficient (Wildman–Crippen LogP) is 9.44. The third-order valence-electron chi connectivity index (χ3n) is 5.76. The van der Waals surface area contributed by atoms with Gasteiger partial charge in [-0.3, -0.25) is 0 Å². The predicted molar refractivity (Wildman–Crippen MR) is 186 cm³/mol. The molecule has 69 heavy (non-hydrogen) atoms. The fourth-order valence-electron chi connectivity index (χ4n) is 3.04. The number of hydrogen-bond acceptors (Lipinski definition) is 24. The SMILES string of the molecule is CC1OC(=O)OC1C(F)(F)F.O=C1OC(Cl)(Cl)C(Cl)(Cl)O1.O=C1OC(Cl)C(Cl)O1.O=C1OC(F)(F)C(F)(F)O1.O=C1OC(F)C(Cl)O1.O=C1OC(F)C(F)O1.O=C1OCC(Cl)O1.O=C1OCC(F)O1. The van der Waals surface area contributed by atoms with E-state index in [0.29, 0.717) is 0 Å². The molecule has 24 nitrogen and oxygen atoms in total. The van der Waals surface area contributed by atoms with Crippen molar-refractivity contribution in [3.8, 4) is 0 Å². The first kappa shape index (κ1) is 62.7. The molecule has 0 bridgehead atoms. The van der Waals surface area contributed by atoms with Crippen molar-refractivity contribution in [3.63, 3.8) is 0 Å². The Labute approximate surface area is 410 Å². The zero-order valence-corrected chi connectivity index (χ0v) is 37.7. The van der Waals surface area contributed by atoms with E-state index in [1.807, 2.05) is 0 Å². The lowest BCUT2D eigenvalue weighted by molar-refractivity contribution is -0.344. The van der Waals surface area contributed by atoms with Crippen LogP contribution in [-0.4, -0.2) is 150 Å². The van der Waals surface area contributed by atoms with Crippen LogP contribution in [0, 0.1) is 0 Å². The minimum absolute atomic E-state index is 0.167. The molecule has 0 N–H and O–H groups in total. The lowest BCUT2D eigenvalue weighted by Crippen LogP contribution is -2.36. The molecule has 0 aromatic heterocycles. The van der Waals surface area contributed by atoms with Gasteiger partial charge < -0.3 is 75.8 Å². The van der Waals surface area contributed by atoms with Gasteiger partial charge in [-0.2, -0.15) is 48.3 Å². The summed E-state index contributed by atoms with van der Waals surface area (Å²) in [7, 11) is 0. The molecule has 0 aliphatic carbocycles. The Morgan fingerprint density at radius 1 is 0.449 bits per heavy atom. The highest BCUT2D eigenvalue weighted by molar-refractivity contribution is 6.62. The van der Waals surface area contributed by atoms with Gasteiger partial charge in [-0.15, -0.1) is 0 Å². The summed E-state index contributed by atoms with van der Waals surface area (Å²) in [6, 6.07) is 0. The van der Waals surface area contributed by atoms with Crippen molar-refractivity contribution in [1.82, 2.24) is 0 Å². The van der Waals surface area contributed by atoms with Crippen LogP contribution in [0.3, 0.4) is 0 Å². The Morgan fingerprint density at radius 2 is 0.812 bits per heavy atom. The maximum Gasteiger partial charge on any atom is 0.518 e. The molecule has 8 aliphatic rings. The van der Waals surface area contributed by atoms with Crippen molar-refractivity contribution in [1.29, 1.82) is 0 Å². The molecular weight excluding hydrogens is 1190 g/mol. The van der Waals surface area contributed by atoms with Gasteiger partial charge in [-0.1, -0.05) is 46.4 Å². The topological polar surface area (TPSA) is 284 Å². The van der Waals surface area contributed by atoms with Crippen molar-refractivity contribution in [2.75, 3.05) is 13.2 Å². The number of hydrogen-bond donors (Lipinski definition) is 0. The highest BCUT2D eigenvalue weighted by atomic mass is 35.5. The van der Waals surface area contributed by atoms with Crippen molar-refractivity contribution in [2.24, 2.45) is 0 Å². The second-order valence-electron chi connectivity index (χ2n) is 10.9. The van der Waals surface area contributed by atoms with Gasteiger partial charge in [-0.25, -0.2) is 38.4 Å². The monoisotopic (exact) mass is 1200 g/mol. The number of ether oxygens (including phenoxy) is 16. The quantitative estimate of drug-likeness (QED) is 0.0944. The summed E-state index contributed by atoms with van der Waals surface area (Å²) < 4.78 is 187. The van der Waals surface area contributed by atoms with E-state index in [1.165, 1.54) is 0 Å². The zero-order chi connectivity index (χ0) is 53.6. The van der Waals surface area contributed by atoms with Crippen LogP contribution in [0.1, 0.15) is 6.92 Å². The first-order chi connectivity index (χ1) is 31.3. The van der Waals surface area contributed by atoms with Gasteiger partial charge in [0.1, 0.15) is 12.7 Å². The summed E-state index contributed by atoms with van der Waals surface area (Å²) in [5, 5.41) is 0. The molecule has 10 unspecified atom stereocenters. The van der Waals surface area contributed by atoms with Crippen LogP contribution in [0.2, 0.25) is 0 Å². The molecule has 398 valence electrons. The molecule has 8 fully saturated rings. The summed E-state index contributed by atoms with van der Waals surface area (Å²) in [6.07, 6.45) is -34.7. The van der Waals surface area contributed by atoms with Crippen LogP contribution in [-0.2, 0) is 75.8 Å². The van der Waals surface area contributed by atoms with Crippen LogP contribution in [0.5, 0.6) is 0 Å². The highest BCUT2D eigenvalue weighted by Gasteiger charge is 2.70. The third kappa shape index (κ3) is 21.7. The molecule has 8 aliphatic heterocycles. The van der Waals surface area contributed by atoms with E-state index >= 15 is 0 Å². The van der Waals surface area contributed by atoms with Crippen molar-refractivity contribution >= 4 is 142 Å². The molecule has 0 spiro atoms. The molecular formula is C26H17Cl8F11O24. The van der Waals surface area contributed by atoms with Gasteiger partial charge in [0.15, 0.2) is 6.61 Å². The second kappa shape index (κ2) is 26.2. The average Bonchev–Trinajstić information content (AvgIpc) is 4.05. The van der Waals surface area contributed by atoms with E-state index in [4.69, 9.17) is 92.8 Å². The normalized spacial score (nSPS) is 31.6. The number of cyclic esters (lactones) is 16. The Hall–Kier alpha value is -4.29. The third-order valence-corrected chi connectivity index (χ3v) is 8.79. The molecule has 8 rings (SSSR count). The smallest absolute Gasteiger partial charge is 0.429 e. The van der Waals surface area contributed by atoms with E-state index in [-0.39, 0.29) is 13.2 Å². The molecule has 8 saturated heterocycles. The number of rotatable bonds is 0. The Balaban J connectivity index is 0.000000396. The van der Waals surface area contributed by atoms with Gasteiger partial charge in [-0.05, 0) is 53.3 Å². The molecule has 0 aromatic rings.